The van der Waals surface area contributed by atoms with Crippen LogP contribution in [-0.2, 0) is 9.53 Å². The lowest BCUT2D eigenvalue weighted by atomic mass is 9.70. The molecule has 2 fully saturated rings. The minimum Gasteiger partial charge on any atom is -0.458 e. The second kappa shape index (κ2) is 5.71. The van der Waals surface area contributed by atoms with Gasteiger partial charge in [-0.1, -0.05) is 27.4 Å². The third kappa shape index (κ3) is 3.36. The zero-order chi connectivity index (χ0) is 17.6. The van der Waals surface area contributed by atoms with E-state index in [-0.39, 0.29) is 17.3 Å². The molecule has 23 heavy (non-hydrogen) atoms. The van der Waals surface area contributed by atoms with E-state index in [0.29, 0.717) is 5.92 Å². The van der Waals surface area contributed by atoms with E-state index >= 15 is 0 Å². The smallest absolute Gasteiger partial charge is 0.331 e. The van der Waals surface area contributed by atoms with Crippen LogP contribution in [0.5, 0.6) is 0 Å². The molecule has 2 aliphatic rings. The number of hydrogen-bond donors (Lipinski definition) is 0. The van der Waals surface area contributed by atoms with Crippen LogP contribution in [0.1, 0.15) is 67.2 Å². The number of rotatable bonds is 4. The first-order chi connectivity index (χ1) is 10.4. The highest BCUT2D eigenvalue weighted by molar-refractivity contribution is 5.96. The molecule has 0 unspecified atom stereocenters. The summed E-state index contributed by atoms with van der Waals surface area (Å²) in [6.45, 7) is 15.5. The Balaban J connectivity index is 2.28. The van der Waals surface area contributed by atoms with Crippen molar-refractivity contribution in [2.24, 2.45) is 21.7 Å². The van der Waals surface area contributed by atoms with E-state index in [4.69, 9.17) is 9.73 Å². The molecule has 2 rings (SSSR count). The second-order valence-corrected chi connectivity index (χ2v) is 8.84. The van der Waals surface area contributed by atoms with Crippen LogP contribution in [-0.4, -0.2) is 23.3 Å². The summed E-state index contributed by atoms with van der Waals surface area (Å²) in [5.41, 5.74) is 0.619. The number of esters is 1. The highest BCUT2D eigenvalue weighted by atomic mass is 19.1. The summed E-state index contributed by atoms with van der Waals surface area (Å²) in [5.74, 6) is -0.398. The van der Waals surface area contributed by atoms with E-state index < -0.39 is 23.4 Å². The van der Waals surface area contributed by atoms with Crippen LogP contribution in [0.15, 0.2) is 17.4 Å². The number of hydrogen-bond acceptors (Lipinski definition) is 3. The normalized spacial score (nSPS) is 32.1. The lowest BCUT2D eigenvalue weighted by molar-refractivity contribution is -0.156. The third-order valence-corrected chi connectivity index (χ3v) is 5.92. The van der Waals surface area contributed by atoms with E-state index in [1.807, 2.05) is 0 Å². The first kappa shape index (κ1) is 18.2. The molecule has 0 spiro atoms. The Morgan fingerprint density at radius 2 is 2.04 bits per heavy atom. The third-order valence-electron chi connectivity index (χ3n) is 5.92. The Morgan fingerprint density at radius 3 is 2.43 bits per heavy atom. The number of carbonyl (C=O) groups excluding carboxylic acids is 1. The van der Waals surface area contributed by atoms with E-state index in [1.165, 1.54) is 6.42 Å². The van der Waals surface area contributed by atoms with Gasteiger partial charge in [-0.15, -0.1) is 0 Å². The molecule has 0 N–H and O–H groups in total. The van der Waals surface area contributed by atoms with Gasteiger partial charge in [-0.3, -0.25) is 4.99 Å². The van der Waals surface area contributed by atoms with Crippen LogP contribution in [0.25, 0.3) is 0 Å². The molecule has 0 aromatic rings. The lowest BCUT2D eigenvalue weighted by Gasteiger charge is -2.35. The van der Waals surface area contributed by atoms with E-state index in [2.05, 4.69) is 27.4 Å². The van der Waals surface area contributed by atoms with Gasteiger partial charge in [0.25, 0.3) is 0 Å². The van der Waals surface area contributed by atoms with Gasteiger partial charge in [0, 0.05) is 17.5 Å². The second-order valence-electron chi connectivity index (χ2n) is 8.84. The minimum atomic E-state index is -0.825. The minimum absolute atomic E-state index is 0.00439. The monoisotopic (exact) mass is 323 g/mol. The van der Waals surface area contributed by atoms with Crippen molar-refractivity contribution in [2.45, 2.75) is 78.9 Å². The van der Waals surface area contributed by atoms with Gasteiger partial charge in [-0.25, -0.2) is 9.18 Å². The maximum Gasteiger partial charge on any atom is 0.331 e. The summed E-state index contributed by atoms with van der Waals surface area (Å²) in [4.78, 5) is 17.1. The fourth-order valence-corrected chi connectivity index (χ4v) is 4.07. The summed E-state index contributed by atoms with van der Waals surface area (Å²) >= 11 is 0. The van der Waals surface area contributed by atoms with Crippen molar-refractivity contribution in [1.29, 1.82) is 0 Å². The maximum atomic E-state index is 13.4. The Labute approximate surface area is 139 Å². The Hall–Kier alpha value is -1.19. The molecule has 2 aliphatic carbocycles. The largest absolute Gasteiger partial charge is 0.458 e. The van der Waals surface area contributed by atoms with Crippen molar-refractivity contribution in [3.63, 3.8) is 0 Å². The molecule has 3 nitrogen and oxygen atoms in total. The fourth-order valence-electron chi connectivity index (χ4n) is 4.07. The predicted octanol–water partition coefficient (Wildman–Crippen LogP) is 4.86. The van der Waals surface area contributed by atoms with Gasteiger partial charge >= 0.3 is 5.97 Å². The molecule has 4 heteroatoms. The number of halogens is 1. The average Bonchev–Trinajstić information content (AvgIpc) is 2.68. The number of fused-ring (bicyclic) bond motifs is 2. The highest BCUT2D eigenvalue weighted by Gasteiger charge is 2.59. The number of nitrogens with zero attached hydrogens (tertiary/aromatic N) is 1. The molecule has 0 radical (unpaired) electrons. The van der Waals surface area contributed by atoms with Crippen molar-refractivity contribution >= 4 is 11.7 Å². The SMILES string of the molecule is C=C(F)C[C@@H](N=C1C[C@H]2CC[C@]1(C)C2(C)C)C(=O)OC(C)(C)C. The Bertz CT molecular complexity index is 544. The highest BCUT2D eigenvalue weighted by Crippen LogP contribution is 2.64. The van der Waals surface area contributed by atoms with Gasteiger partial charge in [0.05, 0.1) is 5.83 Å². The van der Waals surface area contributed by atoms with Gasteiger partial charge in [0.15, 0.2) is 6.04 Å². The summed E-state index contributed by atoms with van der Waals surface area (Å²) in [6.07, 6.45) is 3.09. The van der Waals surface area contributed by atoms with Crippen molar-refractivity contribution in [1.82, 2.24) is 0 Å². The fraction of sp³-hybridized carbons (Fsp3) is 0.789. The summed E-state index contributed by atoms with van der Waals surface area (Å²) in [7, 11) is 0. The molecule has 130 valence electrons. The van der Waals surface area contributed by atoms with E-state index in [0.717, 1.165) is 18.6 Å². The first-order valence-corrected chi connectivity index (χ1v) is 8.50. The van der Waals surface area contributed by atoms with Crippen molar-refractivity contribution in [3.8, 4) is 0 Å². The van der Waals surface area contributed by atoms with Gasteiger partial charge in [-0.2, -0.15) is 0 Å². The van der Waals surface area contributed by atoms with Crippen LogP contribution in [0.3, 0.4) is 0 Å². The number of carbonyl (C=O) groups is 1. The number of ether oxygens (including phenoxy) is 1. The summed E-state index contributed by atoms with van der Waals surface area (Å²) in [6, 6.07) is -0.825. The standard InChI is InChI=1S/C19H30FNO2/c1-12(20)10-14(16(22)23-17(2,3)4)21-15-11-13-8-9-19(15,7)18(13,5)6/h13-14H,1,8-11H2,2-7H3/t13-,14-,19+/m1/s1. The van der Waals surface area contributed by atoms with E-state index in [1.54, 1.807) is 20.8 Å². The van der Waals surface area contributed by atoms with Crippen LogP contribution in [0.2, 0.25) is 0 Å². The maximum absolute atomic E-state index is 13.4. The van der Waals surface area contributed by atoms with Crippen molar-refractivity contribution < 1.29 is 13.9 Å². The molecule has 2 saturated carbocycles. The average molecular weight is 323 g/mol. The molecule has 2 bridgehead atoms. The molecule has 3 atom stereocenters. The molecule has 0 aliphatic heterocycles. The van der Waals surface area contributed by atoms with Crippen molar-refractivity contribution in [3.05, 3.63) is 12.4 Å². The van der Waals surface area contributed by atoms with E-state index in [9.17, 15) is 9.18 Å². The quantitative estimate of drug-likeness (QED) is 0.693. The molecule has 0 amide bonds. The van der Waals surface area contributed by atoms with Gasteiger partial charge in [-0.05, 0) is 51.4 Å². The number of aliphatic imine (C=N–C) groups is 1. The zero-order valence-corrected chi connectivity index (χ0v) is 15.3. The van der Waals surface area contributed by atoms with Gasteiger partial charge in [0.2, 0.25) is 0 Å². The van der Waals surface area contributed by atoms with Crippen LogP contribution < -0.4 is 0 Å². The topological polar surface area (TPSA) is 38.7 Å². The molecular weight excluding hydrogens is 293 g/mol. The van der Waals surface area contributed by atoms with Crippen LogP contribution >= 0.6 is 0 Å². The molecule has 0 heterocycles. The summed E-state index contributed by atoms with van der Waals surface area (Å²) in [5, 5.41) is 0. The zero-order valence-electron chi connectivity index (χ0n) is 15.3. The van der Waals surface area contributed by atoms with Crippen molar-refractivity contribution in [2.75, 3.05) is 0 Å². The van der Waals surface area contributed by atoms with Gasteiger partial charge in [0.1, 0.15) is 5.60 Å². The Morgan fingerprint density at radius 1 is 1.43 bits per heavy atom. The van der Waals surface area contributed by atoms with Crippen LogP contribution in [0, 0.1) is 16.7 Å². The molecular formula is C19H30FNO2. The summed E-state index contributed by atoms with van der Waals surface area (Å²) < 4.78 is 18.8. The lowest BCUT2D eigenvalue weighted by Crippen LogP contribution is -2.36. The molecule has 0 aromatic carbocycles. The van der Waals surface area contributed by atoms with Gasteiger partial charge < -0.3 is 4.74 Å². The molecule has 0 saturated heterocycles. The van der Waals surface area contributed by atoms with Crippen LogP contribution in [0.4, 0.5) is 4.39 Å². The molecule has 0 aromatic heterocycles. The predicted molar refractivity (Wildman–Crippen MR) is 91.2 cm³/mol. The Kier molecular flexibility index (Phi) is 4.51. The first-order valence-electron chi connectivity index (χ1n) is 8.50.